The molecule has 0 aromatic heterocycles. The maximum atomic E-state index is 13.3. The minimum atomic E-state index is -3.95. The Balaban J connectivity index is 1.77. The van der Waals surface area contributed by atoms with E-state index in [2.05, 4.69) is 0 Å². The topological polar surface area (TPSA) is 84.0 Å². The van der Waals surface area contributed by atoms with Gasteiger partial charge in [0, 0.05) is 25.0 Å². The summed E-state index contributed by atoms with van der Waals surface area (Å²) in [5.74, 6) is -0.894. The normalized spacial score (nSPS) is 17.5. The number of ether oxygens (including phenoxy) is 1. The van der Waals surface area contributed by atoms with Gasteiger partial charge in [0.1, 0.15) is 0 Å². The largest absolute Gasteiger partial charge is 0.462 e. The lowest BCUT2D eigenvalue weighted by atomic mass is 10.1. The van der Waals surface area contributed by atoms with Crippen LogP contribution in [0.5, 0.6) is 0 Å². The quantitative estimate of drug-likeness (QED) is 0.675. The van der Waals surface area contributed by atoms with Crippen LogP contribution in [-0.2, 0) is 19.4 Å². The first-order valence-corrected chi connectivity index (χ1v) is 11.8. The Morgan fingerprint density at radius 3 is 2.32 bits per heavy atom. The highest BCUT2D eigenvalue weighted by molar-refractivity contribution is 7.96. The number of esters is 1. The summed E-state index contributed by atoms with van der Waals surface area (Å²) in [7, 11) is -3.95. The Hall–Kier alpha value is -3.13. The highest BCUT2D eigenvalue weighted by Crippen LogP contribution is 2.40. The number of fused-ring (bicyclic) bond motifs is 1. The number of anilines is 2. The molecule has 0 saturated carbocycles. The fourth-order valence-corrected chi connectivity index (χ4v) is 5.41. The number of piperidine rings is 1. The maximum Gasteiger partial charge on any atom is 0.338 e. The van der Waals surface area contributed by atoms with Crippen molar-refractivity contribution in [2.75, 3.05) is 24.6 Å². The van der Waals surface area contributed by atoms with Crippen LogP contribution in [0.15, 0.2) is 64.5 Å². The van der Waals surface area contributed by atoms with Crippen LogP contribution in [0.4, 0.5) is 11.4 Å². The van der Waals surface area contributed by atoms with Gasteiger partial charge in [0.25, 0.3) is 5.91 Å². The predicted octanol–water partition coefficient (Wildman–Crippen LogP) is 3.64. The van der Waals surface area contributed by atoms with Crippen LogP contribution in [0.1, 0.15) is 36.5 Å². The minimum Gasteiger partial charge on any atom is -0.462 e. The van der Waals surface area contributed by atoms with Crippen LogP contribution in [-0.4, -0.2) is 44.9 Å². The van der Waals surface area contributed by atoms with Crippen molar-refractivity contribution in [3.8, 4) is 0 Å². The monoisotopic (exact) mass is 440 g/mol. The van der Waals surface area contributed by atoms with Crippen molar-refractivity contribution in [1.82, 2.24) is 4.90 Å². The summed E-state index contributed by atoms with van der Waals surface area (Å²) in [6, 6.07) is 13.3. The number of hydrogen-bond donors (Lipinski definition) is 0. The molecule has 0 radical (unpaired) electrons. The highest BCUT2D eigenvalue weighted by Gasteiger charge is 2.37. The van der Waals surface area contributed by atoms with Gasteiger partial charge in [0.2, 0.25) is 9.84 Å². The molecule has 2 aromatic carbocycles. The molecule has 0 bridgehead atoms. The molecule has 1 saturated heterocycles. The summed E-state index contributed by atoms with van der Waals surface area (Å²) in [5.41, 5.74) is 1.50. The molecule has 2 aromatic rings. The molecule has 31 heavy (non-hydrogen) atoms. The SMILES string of the molecule is CCOC(=O)c1ccc(N2C=C(C(=O)N3CCCCC3)S(=O)(=O)c3ccccc32)cc1. The number of nitrogens with zero attached hydrogens (tertiary/aromatic N) is 2. The Kier molecular flexibility index (Phi) is 5.82. The third-order valence-electron chi connectivity index (χ3n) is 5.46. The molecule has 7 nitrogen and oxygen atoms in total. The van der Waals surface area contributed by atoms with E-state index in [9.17, 15) is 18.0 Å². The smallest absolute Gasteiger partial charge is 0.338 e. The summed E-state index contributed by atoms with van der Waals surface area (Å²) in [6.45, 7) is 3.13. The highest BCUT2D eigenvalue weighted by atomic mass is 32.2. The number of rotatable bonds is 4. The fraction of sp³-hybridized carbons (Fsp3) is 0.304. The van der Waals surface area contributed by atoms with Crippen LogP contribution in [0.3, 0.4) is 0 Å². The maximum absolute atomic E-state index is 13.3. The van der Waals surface area contributed by atoms with Gasteiger partial charge in [-0.3, -0.25) is 4.79 Å². The van der Waals surface area contributed by atoms with Crippen LogP contribution < -0.4 is 4.90 Å². The molecule has 2 heterocycles. The number of hydrogen-bond acceptors (Lipinski definition) is 6. The van der Waals surface area contributed by atoms with Gasteiger partial charge in [-0.1, -0.05) is 12.1 Å². The zero-order valence-corrected chi connectivity index (χ0v) is 18.1. The first-order valence-electron chi connectivity index (χ1n) is 10.3. The van der Waals surface area contributed by atoms with Crippen molar-refractivity contribution in [2.24, 2.45) is 0 Å². The molecule has 8 heteroatoms. The summed E-state index contributed by atoms with van der Waals surface area (Å²) in [6.07, 6.45) is 4.18. The van der Waals surface area contributed by atoms with Gasteiger partial charge in [-0.2, -0.15) is 0 Å². The van der Waals surface area contributed by atoms with Gasteiger partial charge >= 0.3 is 5.97 Å². The molecule has 4 rings (SSSR count). The number of para-hydroxylation sites is 1. The molecule has 0 spiro atoms. The van der Waals surface area contributed by atoms with E-state index in [1.807, 2.05) is 0 Å². The van der Waals surface area contributed by atoms with Crippen LogP contribution in [0.2, 0.25) is 0 Å². The molecule has 2 aliphatic rings. The molecule has 0 unspecified atom stereocenters. The Morgan fingerprint density at radius 2 is 1.65 bits per heavy atom. The van der Waals surface area contributed by atoms with Crippen LogP contribution in [0.25, 0.3) is 0 Å². The summed E-state index contributed by atoms with van der Waals surface area (Å²) >= 11 is 0. The molecule has 0 atom stereocenters. The molecule has 2 aliphatic heterocycles. The first kappa shape index (κ1) is 21.1. The third kappa shape index (κ3) is 3.95. The molecule has 0 N–H and O–H groups in total. The standard InChI is InChI=1S/C23H24N2O5S/c1-2-30-23(27)17-10-12-18(13-11-17)25-16-21(22(26)24-14-6-3-7-15-24)31(28,29)20-9-5-4-8-19(20)25/h4-5,8-13,16H,2-3,6-7,14-15H2,1H3. The second-order valence-electron chi connectivity index (χ2n) is 7.45. The Labute approximate surface area is 181 Å². The van der Waals surface area contributed by atoms with Crippen molar-refractivity contribution >= 4 is 33.1 Å². The number of amides is 1. The van der Waals surface area contributed by atoms with Gasteiger partial charge in [0.15, 0.2) is 4.91 Å². The molecule has 1 amide bonds. The molecule has 1 fully saturated rings. The number of likely N-dealkylation sites (tertiary alicyclic amines) is 1. The van der Waals surface area contributed by atoms with E-state index in [-0.39, 0.29) is 16.4 Å². The van der Waals surface area contributed by atoms with Crippen LogP contribution in [0, 0.1) is 0 Å². The predicted molar refractivity (Wildman–Crippen MR) is 117 cm³/mol. The molecular formula is C23H24N2O5S. The Bertz CT molecular complexity index is 1130. The van der Waals surface area contributed by atoms with Gasteiger partial charge < -0.3 is 14.5 Å². The third-order valence-corrected chi connectivity index (χ3v) is 7.24. The lowest BCUT2D eigenvalue weighted by molar-refractivity contribution is -0.127. The number of sulfone groups is 1. The number of benzene rings is 2. The second-order valence-corrected chi connectivity index (χ2v) is 9.34. The zero-order chi connectivity index (χ0) is 22.0. The summed E-state index contributed by atoms with van der Waals surface area (Å²) in [5, 5.41) is 0. The first-order chi connectivity index (χ1) is 14.9. The second kappa shape index (κ2) is 8.55. The number of carbonyl (C=O) groups excluding carboxylic acids is 2. The van der Waals surface area contributed by atoms with E-state index >= 15 is 0 Å². The lowest BCUT2D eigenvalue weighted by Crippen LogP contribution is -2.39. The minimum absolute atomic E-state index is 0.0901. The fourth-order valence-electron chi connectivity index (χ4n) is 3.87. The van der Waals surface area contributed by atoms with E-state index in [0.29, 0.717) is 30.0 Å². The van der Waals surface area contributed by atoms with E-state index in [1.165, 1.54) is 12.3 Å². The van der Waals surface area contributed by atoms with E-state index < -0.39 is 21.7 Å². The van der Waals surface area contributed by atoms with Gasteiger partial charge in [-0.05, 0) is 62.6 Å². The van der Waals surface area contributed by atoms with E-state index in [4.69, 9.17) is 4.74 Å². The average Bonchev–Trinajstić information content (AvgIpc) is 2.80. The van der Waals surface area contributed by atoms with Crippen LogP contribution >= 0.6 is 0 Å². The molecular weight excluding hydrogens is 416 g/mol. The Morgan fingerprint density at radius 1 is 0.968 bits per heavy atom. The van der Waals surface area contributed by atoms with Crippen molar-refractivity contribution in [3.05, 3.63) is 65.2 Å². The van der Waals surface area contributed by atoms with Crippen molar-refractivity contribution in [2.45, 2.75) is 31.1 Å². The summed E-state index contributed by atoms with van der Waals surface area (Å²) < 4.78 is 31.6. The van der Waals surface area contributed by atoms with Crippen molar-refractivity contribution < 1.29 is 22.7 Å². The van der Waals surface area contributed by atoms with Crippen molar-refractivity contribution in [3.63, 3.8) is 0 Å². The van der Waals surface area contributed by atoms with Crippen molar-refractivity contribution in [1.29, 1.82) is 0 Å². The van der Waals surface area contributed by atoms with Gasteiger partial charge in [-0.15, -0.1) is 0 Å². The average molecular weight is 441 g/mol. The van der Waals surface area contributed by atoms with Gasteiger partial charge in [0.05, 0.1) is 22.8 Å². The van der Waals surface area contributed by atoms with Gasteiger partial charge in [-0.25, -0.2) is 13.2 Å². The molecule has 162 valence electrons. The summed E-state index contributed by atoms with van der Waals surface area (Å²) in [4.78, 5) is 28.3. The zero-order valence-electron chi connectivity index (χ0n) is 17.3. The van der Waals surface area contributed by atoms with E-state index in [1.54, 1.807) is 59.2 Å². The lowest BCUT2D eigenvalue weighted by Gasteiger charge is -2.32. The number of carbonyl (C=O) groups is 2. The van der Waals surface area contributed by atoms with E-state index in [0.717, 1.165) is 19.3 Å². The molecule has 0 aliphatic carbocycles.